The van der Waals surface area contributed by atoms with Gasteiger partial charge in [0, 0.05) is 11.5 Å². The van der Waals surface area contributed by atoms with Crippen LogP contribution in [0.3, 0.4) is 0 Å². The molecule has 0 bridgehead atoms. The van der Waals surface area contributed by atoms with Gasteiger partial charge < -0.3 is 15.2 Å². The van der Waals surface area contributed by atoms with Crippen molar-refractivity contribution in [1.29, 1.82) is 0 Å². The molecule has 0 saturated heterocycles. The second-order valence-corrected chi connectivity index (χ2v) is 5.02. The quantitative estimate of drug-likeness (QED) is 0.845. The molecule has 0 amide bonds. The summed E-state index contributed by atoms with van der Waals surface area (Å²) < 4.78 is 4.91. The fourth-order valence-electron chi connectivity index (χ4n) is 1.79. The Morgan fingerprint density at radius 1 is 1.41 bits per heavy atom. The third-order valence-electron chi connectivity index (χ3n) is 3.29. The molecule has 1 aromatic heterocycles. The SMILES string of the molecule is COc1nc(Cl)nc(NC2CC(O)C2(C)C)n1. The van der Waals surface area contributed by atoms with E-state index in [4.69, 9.17) is 16.3 Å². The molecule has 0 radical (unpaired) electrons. The lowest BCUT2D eigenvalue weighted by molar-refractivity contribution is -0.0513. The number of nitrogens with one attached hydrogen (secondary N) is 1. The van der Waals surface area contributed by atoms with Crippen molar-refractivity contribution in [2.45, 2.75) is 32.4 Å². The number of hydrogen-bond donors (Lipinski definition) is 2. The van der Waals surface area contributed by atoms with Crippen LogP contribution in [0.2, 0.25) is 5.28 Å². The minimum absolute atomic E-state index is 0.0806. The number of aromatic nitrogens is 3. The molecule has 2 unspecified atom stereocenters. The number of ether oxygens (including phenoxy) is 1. The highest BCUT2D eigenvalue weighted by molar-refractivity contribution is 6.28. The molecule has 7 heteroatoms. The molecular formula is C10H15ClN4O2. The highest BCUT2D eigenvalue weighted by atomic mass is 35.5. The molecule has 2 atom stereocenters. The number of hydrogen-bond acceptors (Lipinski definition) is 6. The molecular weight excluding hydrogens is 244 g/mol. The standard InChI is InChI=1S/C10H15ClN4O2/c1-10(2)5(4-6(10)16)12-8-13-7(11)14-9(15-8)17-3/h5-6,16H,4H2,1-3H3,(H,12,13,14,15). The van der Waals surface area contributed by atoms with Gasteiger partial charge in [-0.1, -0.05) is 13.8 Å². The summed E-state index contributed by atoms with van der Waals surface area (Å²) in [6.07, 6.45) is 0.359. The van der Waals surface area contributed by atoms with Gasteiger partial charge in [0.15, 0.2) is 0 Å². The van der Waals surface area contributed by atoms with Crippen molar-refractivity contribution in [1.82, 2.24) is 15.0 Å². The molecule has 1 saturated carbocycles. The average molecular weight is 259 g/mol. The van der Waals surface area contributed by atoms with Crippen LogP contribution in [-0.4, -0.2) is 39.3 Å². The Morgan fingerprint density at radius 3 is 2.65 bits per heavy atom. The van der Waals surface area contributed by atoms with Gasteiger partial charge in [-0.25, -0.2) is 0 Å². The van der Waals surface area contributed by atoms with Gasteiger partial charge in [0.2, 0.25) is 11.2 Å². The Labute approximate surface area is 104 Å². The van der Waals surface area contributed by atoms with E-state index >= 15 is 0 Å². The summed E-state index contributed by atoms with van der Waals surface area (Å²) >= 11 is 5.74. The van der Waals surface area contributed by atoms with Crippen molar-refractivity contribution in [2.24, 2.45) is 5.41 Å². The van der Waals surface area contributed by atoms with Crippen molar-refractivity contribution in [2.75, 3.05) is 12.4 Å². The summed E-state index contributed by atoms with van der Waals surface area (Å²) in [5.74, 6) is 0.367. The van der Waals surface area contributed by atoms with E-state index < -0.39 is 0 Å². The summed E-state index contributed by atoms with van der Waals surface area (Å²) in [5.41, 5.74) is -0.202. The first-order valence-electron chi connectivity index (χ1n) is 5.33. The Balaban J connectivity index is 2.12. The topological polar surface area (TPSA) is 80.2 Å². The second-order valence-electron chi connectivity index (χ2n) is 4.68. The fourth-order valence-corrected chi connectivity index (χ4v) is 1.94. The highest BCUT2D eigenvalue weighted by Crippen LogP contribution is 2.41. The van der Waals surface area contributed by atoms with Gasteiger partial charge in [0.1, 0.15) is 0 Å². The molecule has 2 N–H and O–H groups in total. The zero-order valence-electron chi connectivity index (χ0n) is 9.94. The predicted molar refractivity (Wildman–Crippen MR) is 63.2 cm³/mol. The third kappa shape index (κ3) is 2.28. The molecule has 1 fully saturated rings. The van der Waals surface area contributed by atoms with Gasteiger partial charge in [-0.05, 0) is 18.0 Å². The van der Waals surface area contributed by atoms with Crippen molar-refractivity contribution in [3.8, 4) is 6.01 Å². The highest BCUT2D eigenvalue weighted by Gasteiger charge is 2.47. The van der Waals surface area contributed by atoms with Crippen LogP contribution >= 0.6 is 11.6 Å². The lowest BCUT2D eigenvalue weighted by atomic mass is 9.65. The Kier molecular flexibility index (Phi) is 3.09. The molecule has 0 aliphatic heterocycles. The maximum atomic E-state index is 9.64. The molecule has 94 valence electrons. The minimum atomic E-state index is -0.306. The number of rotatable bonds is 3. The van der Waals surface area contributed by atoms with Gasteiger partial charge in [-0.15, -0.1) is 0 Å². The zero-order valence-corrected chi connectivity index (χ0v) is 10.7. The number of anilines is 1. The lowest BCUT2D eigenvalue weighted by Gasteiger charge is -2.49. The van der Waals surface area contributed by atoms with Gasteiger partial charge in [0.25, 0.3) is 0 Å². The van der Waals surface area contributed by atoms with Crippen LogP contribution in [0.25, 0.3) is 0 Å². The molecule has 17 heavy (non-hydrogen) atoms. The molecule has 0 aromatic carbocycles. The molecule has 1 aliphatic carbocycles. The van der Waals surface area contributed by atoms with Crippen molar-refractivity contribution >= 4 is 17.5 Å². The molecule has 2 rings (SSSR count). The first kappa shape index (κ1) is 12.3. The van der Waals surface area contributed by atoms with E-state index in [1.807, 2.05) is 13.8 Å². The van der Waals surface area contributed by atoms with E-state index in [1.165, 1.54) is 7.11 Å². The summed E-state index contributed by atoms with van der Waals surface area (Å²) in [6, 6.07) is 0.283. The Hall–Kier alpha value is -1.14. The Bertz CT molecular complexity index is 427. The van der Waals surface area contributed by atoms with E-state index in [0.29, 0.717) is 12.4 Å². The van der Waals surface area contributed by atoms with Gasteiger partial charge in [0.05, 0.1) is 13.2 Å². The number of halogens is 1. The smallest absolute Gasteiger partial charge is 0.322 e. The van der Waals surface area contributed by atoms with E-state index in [1.54, 1.807) is 0 Å². The van der Waals surface area contributed by atoms with Crippen molar-refractivity contribution in [3.63, 3.8) is 0 Å². The van der Waals surface area contributed by atoms with E-state index in [0.717, 1.165) is 0 Å². The first-order chi connectivity index (χ1) is 7.93. The molecule has 1 heterocycles. The van der Waals surface area contributed by atoms with Crippen LogP contribution in [0, 0.1) is 5.41 Å². The maximum Gasteiger partial charge on any atom is 0.322 e. The maximum absolute atomic E-state index is 9.64. The van der Waals surface area contributed by atoms with E-state index in [9.17, 15) is 5.11 Å². The van der Waals surface area contributed by atoms with Crippen LogP contribution in [-0.2, 0) is 0 Å². The fraction of sp³-hybridized carbons (Fsp3) is 0.700. The van der Waals surface area contributed by atoms with Crippen molar-refractivity contribution < 1.29 is 9.84 Å². The van der Waals surface area contributed by atoms with Crippen LogP contribution in [0.15, 0.2) is 0 Å². The van der Waals surface area contributed by atoms with Crippen LogP contribution in [0.1, 0.15) is 20.3 Å². The van der Waals surface area contributed by atoms with Gasteiger partial charge in [-0.3, -0.25) is 0 Å². The van der Waals surface area contributed by atoms with Crippen LogP contribution in [0.4, 0.5) is 5.95 Å². The summed E-state index contributed by atoms with van der Waals surface area (Å²) in [5, 5.41) is 12.8. The monoisotopic (exact) mass is 258 g/mol. The zero-order chi connectivity index (χ0) is 12.6. The molecule has 1 aromatic rings. The Morgan fingerprint density at radius 2 is 2.12 bits per heavy atom. The first-order valence-corrected chi connectivity index (χ1v) is 5.71. The van der Waals surface area contributed by atoms with Gasteiger partial charge in [-0.2, -0.15) is 15.0 Å². The summed E-state index contributed by atoms with van der Waals surface area (Å²) in [4.78, 5) is 11.8. The van der Waals surface area contributed by atoms with E-state index in [2.05, 4.69) is 20.3 Å². The number of methoxy groups -OCH3 is 1. The van der Waals surface area contributed by atoms with E-state index in [-0.39, 0.29) is 28.9 Å². The lowest BCUT2D eigenvalue weighted by Crippen LogP contribution is -2.57. The number of aliphatic hydroxyl groups is 1. The predicted octanol–water partition coefficient (Wildman–Crippen LogP) is 1.10. The third-order valence-corrected chi connectivity index (χ3v) is 3.46. The van der Waals surface area contributed by atoms with Crippen molar-refractivity contribution in [3.05, 3.63) is 5.28 Å². The average Bonchev–Trinajstić information content (AvgIpc) is 2.28. The normalized spacial score (nSPS) is 26.2. The number of nitrogens with zero attached hydrogens (tertiary/aromatic N) is 3. The second kappa shape index (κ2) is 4.27. The van der Waals surface area contributed by atoms with Gasteiger partial charge >= 0.3 is 6.01 Å². The molecule has 1 aliphatic rings. The summed E-state index contributed by atoms with van der Waals surface area (Å²) in [7, 11) is 1.46. The minimum Gasteiger partial charge on any atom is -0.467 e. The molecule has 0 spiro atoms. The largest absolute Gasteiger partial charge is 0.467 e. The van der Waals surface area contributed by atoms with Crippen LogP contribution in [0.5, 0.6) is 6.01 Å². The van der Waals surface area contributed by atoms with Crippen LogP contribution < -0.4 is 10.1 Å². The number of aliphatic hydroxyl groups excluding tert-OH is 1. The summed E-state index contributed by atoms with van der Waals surface area (Å²) in [6.45, 7) is 3.97. The molecule has 6 nitrogen and oxygen atoms in total.